The summed E-state index contributed by atoms with van der Waals surface area (Å²) in [7, 11) is 0. The first-order valence-corrected chi connectivity index (χ1v) is 7.18. The molecular weight excluding hydrogens is 277 g/mol. The predicted molar refractivity (Wildman–Crippen MR) is 80.7 cm³/mol. The van der Waals surface area contributed by atoms with Gasteiger partial charge in [0.2, 0.25) is 0 Å². The molecule has 2 atom stereocenters. The van der Waals surface area contributed by atoms with Crippen LogP contribution in [0.15, 0.2) is 42.5 Å². The first-order valence-electron chi connectivity index (χ1n) is 6.42. The monoisotopic (exact) mass is 291 g/mol. The molecule has 2 N–H and O–H groups in total. The third-order valence-electron chi connectivity index (χ3n) is 3.89. The van der Waals surface area contributed by atoms with Crippen LogP contribution in [-0.2, 0) is 12.8 Å². The normalized spacial score (nSPS) is 21.4. The lowest BCUT2D eigenvalue weighted by atomic mass is 9.93. The van der Waals surface area contributed by atoms with Gasteiger partial charge in [-0.05, 0) is 47.6 Å². The van der Waals surface area contributed by atoms with Crippen LogP contribution in [0, 0.1) is 5.92 Å². The van der Waals surface area contributed by atoms with Gasteiger partial charge >= 0.3 is 0 Å². The van der Waals surface area contributed by atoms with Crippen LogP contribution in [-0.4, -0.2) is 0 Å². The van der Waals surface area contributed by atoms with Gasteiger partial charge < -0.3 is 5.73 Å². The fraction of sp³-hybridized carbons (Fsp3) is 0.250. The fourth-order valence-corrected chi connectivity index (χ4v) is 3.20. The number of hydrogen-bond acceptors (Lipinski definition) is 1. The second-order valence-electron chi connectivity index (χ2n) is 5.14. The minimum Gasteiger partial charge on any atom is -0.324 e. The van der Waals surface area contributed by atoms with E-state index in [9.17, 15) is 0 Å². The van der Waals surface area contributed by atoms with Crippen molar-refractivity contribution >= 4 is 23.2 Å². The zero-order chi connectivity index (χ0) is 13.4. The molecule has 1 aliphatic rings. The predicted octanol–water partition coefficient (Wildman–Crippen LogP) is 4.41. The molecule has 0 heterocycles. The Morgan fingerprint density at radius 3 is 2.58 bits per heavy atom. The van der Waals surface area contributed by atoms with Gasteiger partial charge in [0, 0.05) is 6.04 Å². The fourth-order valence-electron chi connectivity index (χ4n) is 2.88. The van der Waals surface area contributed by atoms with E-state index >= 15 is 0 Å². The molecule has 19 heavy (non-hydrogen) atoms. The highest BCUT2D eigenvalue weighted by Crippen LogP contribution is 2.36. The molecule has 1 nitrogen and oxygen atoms in total. The Kier molecular flexibility index (Phi) is 3.53. The summed E-state index contributed by atoms with van der Waals surface area (Å²) in [4.78, 5) is 0. The Morgan fingerprint density at radius 2 is 1.84 bits per heavy atom. The topological polar surface area (TPSA) is 26.0 Å². The third-order valence-corrected chi connectivity index (χ3v) is 4.63. The maximum absolute atomic E-state index is 6.35. The summed E-state index contributed by atoms with van der Waals surface area (Å²) in [5, 5.41) is 1.22. The Balaban J connectivity index is 1.80. The number of halogens is 2. The number of hydrogen-bond donors (Lipinski definition) is 1. The van der Waals surface area contributed by atoms with Crippen molar-refractivity contribution in [2.24, 2.45) is 11.7 Å². The van der Waals surface area contributed by atoms with E-state index in [0.717, 1.165) is 12.8 Å². The first kappa shape index (κ1) is 13.0. The van der Waals surface area contributed by atoms with Gasteiger partial charge in [0.05, 0.1) is 10.0 Å². The highest BCUT2D eigenvalue weighted by molar-refractivity contribution is 6.42. The minimum absolute atomic E-state index is 0.116. The van der Waals surface area contributed by atoms with Crippen molar-refractivity contribution in [3.05, 3.63) is 69.2 Å². The molecule has 0 fully saturated rings. The second kappa shape index (κ2) is 5.16. The van der Waals surface area contributed by atoms with E-state index in [1.807, 2.05) is 18.2 Å². The van der Waals surface area contributed by atoms with E-state index in [2.05, 4.69) is 24.3 Å². The highest BCUT2D eigenvalue weighted by Gasteiger charge is 2.29. The number of rotatable bonds is 2. The van der Waals surface area contributed by atoms with Crippen molar-refractivity contribution in [1.29, 1.82) is 0 Å². The van der Waals surface area contributed by atoms with Crippen LogP contribution in [0.3, 0.4) is 0 Å². The summed E-state index contributed by atoms with van der Waals surface area (Å²) >= 11 is 12.0. The standard InChI is InChI=1S/C16H15Cl2N/c17-14-6-5-10(8-15(14)18)7-12-9-11-3-1-2-4-13(11)16(12)19/h1-6,8,12,16H,7,9,19H2. The highest BCUT2D eigenvalue weighted by atomic mass is 35.5. The molecule has 0 saturated carbocycles. The summed E-state index contributed by atoms with van der Waals surface area (Å²) in [5.41, 5.74) is 10.2. The summed E-state index contributed by atoms with van der Waals surface area (Å²) in [6, 6.07) is 14.4. The van der Waals surface area contributed by atoms with E-state index in [1.165, 1.54) is 16.7 Å². The molecule has 0 amide bonds. The molecule has 0 bridgehead atoms. The van der Waals surface area contributed by atoms with Crippen LogP contribution in [0.4, 0.5) is 0 Å². The van der Waals surface area contributed by atoms with E-state index in [1.54, 1.807) is 0 Å². The average Bonchev–Trinajstić information content (AvgIpc) is 2.72. The average molecular weight is 292 g/mol. The summed E-state index contributed by atoms with van der Waals surface area (Å²) in [6.07, 6.45) is 1.98. The number of fused-ring (bicyclic) bond motifs is 1. The lowest BCUT2D eigenvalue weighted by molar-refractivity contribution is 0.465. The maximum atomic E-state index is 6.35. The molecule has 0 aromatic heterocycles. The van der Waals surface area contributed by atoms with Crippen LogP contribution < -0.4 is 5.73 Å². The lowest BCUT2D eigenvalue weighted by Gasteiger charge is -2.16. The van der Waals surface area contributed by atoms with Crippen molar-refractivity contribution in [1.82, 2.24) is 0 Å². The lowest BCUT2D eigenvalue weighted by Crippen LogP contribution is -2.18. The van der Waals surface area contributed by atoms with Crippen LogP contribution in [0.1, 0.15) is 22.7 Å². The van der Waals surface area contributed by atoms with E-state index < -0.39 is 0 Å². The van der Waals surface area contributed by atoms with Gasteiger partial charge in [0.15, 0.2) is 0 Å². The van der Waals surface area contributed by atoms with E-state index in [4.69, 9.17) is 28.9 Å². The van der Waals surface area contributed by atoms with Gasteiger partial charge in [0.1, 0.15) is 0 Å². The maximum Gasteiger partial charge on any atom is 0.0595 e. The van der Waals surface area contributed by atoms with Gasteiger partial charge in [-0.2, -0.15) is 0 Å². The Labute approximate surface area is 123 Å². The summed E-state index contributed by atoms with van der Waals surface area (Å²) in [5.74, 6) is 0.439. The Bertz CT molecular complexity index is 609. The Hall–Kier alpha value is -1.02. The summed E-state index contributed by atoms with van der Waals surface area (Å²) in [6.45, 7) is 0. The van der Waals surface area contributed by atoms with Crippen LogP contribution >= 0.6 is 23.2 Å². The van der Waals surface area contributed by atoms with Crippen molar-refractivity contribution in [3.8, 4) is 0 Å². The molecule has 1 aliphatic carbocycles. The van der Waals surface area contributed by atoms with Gasteiger partial charge in [-0.25, -0.2) is 0 Å². The molecule has 0 spiro atoms. The number of benzene rings is 2. The van der Waals surface area contributed by atoms with Crippen LogP contribution in [0.25, 0.3) is 0 Å². The first-order chi connectivity index (χ1) is 9.15. The zero-order valence-electron chi connectivity index (χ0n) is 10.4. The van der Waals surface area contributed by atoms with Crippen molar-refractivity contribution in [3.63, 3.8) is 0 Å². The zero-order valence-corrected chi connectivity index (χ0v) is 12.0. The molecule has 2 aromatic carbocycles. The van der Waals surface area contributed by atoms with Gasteiger partial charge in [-0.15, -0.1) is 0 Å². The Morgan fingerprint density at radius 1 is 1.05 bits per heavy atom. The van der Waals surface area contributed by atoms with Crippen molar-refractivity contribution in [2.75, 3.05) is 0 Å². The third kappa shape index (κ3) is 2.51. The molecule has 0 saturated heterocycles. The van der Waals surface area contributed by atoms with Gasteiger partial charge in [0.25, 0.3) is 0 Å². The van der Waals surface area contributed by atoms with Crippen LogP contribution in [0.2, 0.25) is 10.0 Å². The molecule has 3 heteroatoms. The molecular formula is C16H15Cl2N. The van der Waals surface area contributed by atoms with Crippen molar-refractivity contribution < 1.29 is 0 Å². The smallest absolute Gasteiger partial charge is 0.0595 e. The molecule has 0 aliphatic heterocycles. The van der Waals surface area contributed by atoms with Crippen molar-refractivity contribution in [2.45, 2.75) is 18.9 Å². The molecule has 3 rings (SSSR count). The number of nitrogens with two attached hydrogens (primary N) is 1. The quantitative estimate of drug-likeness (QED) is 0.871. The largest absolute Gasteiger partial charge is 0.324 e. The molecule has 2 aromatic rings. The van der Waals surface area contributed by atoms with E-state index in [-0.39, 0.29) is 6.04 Å². The van der Waals surface area contributed by atoms with Gasteiger partial charge in [-0.3, -0.25) is 0 Å². The molecule has 0 radical (unpaired) electrons. The summed E-state index contributed by atoms with van der Waals surface area (Å²) < 4.78 is 0. The van der Waals surface area contributed by atoms with Gasteiger partial charge in [-0.1, -0.05) is 53.5 Å². The van der Waals surface area contributed by atoms with Crippen LogP contribution in [0.5, 0.6) is 0 Å². The molecule has 98 valence electrons. The second-order valence-corrected chi connectivity index (χ2v) is 5.96. The minimum atomic E-state index is 0.116. The SMILES string of the molecule is NC1c2ccccc2CC1Cc1ccc(Cl)c(Cl)c1. The molecule has 2 unspecified atom stereocenters. The van der Waals surface area contributed by atoms with E-state index in [0.29, 0.717) is 16.0 Å².